The molecule has 1 saturated heterocycles. The molecule has 2 aromatic carbocycles. The number of thioether (sulfide) groups is 1. The fraction of sp³-hybridized carbons (Fsp3) is 0.238. The Hall–Kier alpha value is -2.04. The van der Waals surface area contributed by atoms with Gasteiger partial charge in [-0.3, -0.25) is 9.69 Å². The minimum absolute atomic E-state index is 0.00418. The minimum Gasteiger partial charge on any atom is -0.286 e. The number of amidine groups is 1. The van der Waals surface area contributed by atoms with Gasteiger partial charge < -0.3 is 0 Å². The molecule has 1 aliphatic heterocycles. The van der Waals surface area contributed by atoms with Crippen LogP contribution in [0.1, 0.15) is 25.0 Å². The van der Waals surface area contributed by atoms with Gasteiger partial charge in [-0.15, -0.1) is 0 Å². The number of nitrogens with zero attached hydrogens (tertiary/aromatic N) is 2. The summed E-state index contributed by atoms with van der Waals surface area (Å²) in [5.74, 6) is 0.363. The summed E-state index contributed by atoms with van der Waals surface area (Å²) in [5.41, 5.74) is 2.99. The summed E-state index contributed by atoms with van der Waals surface area (Å²) >= 11 is 7.36. The molecule has 0 atom stereocenters. The highest BCUT2D eigenvalue weighted by Crippen LogP contribution is 2.34. The Balaban J connectivity index is 1.93. The summed E-state index contributed by atoms with van der Waals surface area (Å²) in [4.78, 5) is 20.1. The molecule has 0 bridgehead atoms. The molecule has 2 aromatic rings. The van der Waals surface area contributed by atoms with E-state index in [1.54, 1.807) is 4.90 Å². The van der Waals surface area contributed by atoms with Gasteiger partial charge in [0, 0.05) is 11.6 Å². The molecule has 0 spiro atoms. The van der Waals surface area contributed by atoms with E-state index in [0.29, 0.717) is 22.4 Å². The third kappa shape index (κ3) is 4.57. The molecule has 1 fully saturated rings. The number of hydrogen-bond donors (Lipinski definition) is 0. The van der Waals surface area contributed by atoms with E-state index in [-0.39, 0.29) is 5.91 Å². The van der Waals surface area contributed by atoms with Gasteiger partial charge in [-0.2, -0.15) is 0 Å². The molecule has 1 amide bonds. The van der Waals surface area contributed by atoms with E-state index in [1.807, 2.05) is 61.5 Å². The van der Waals surface area contributed by atoms with Gasteiger partial charge in [0.15, 0.2) is 5.17 Å². The van der Waals surface area contributed by atoms with E-state index >= 15 is 0 Å². The molecule has 1 heterocycles. The van der Waals surface area contributed by atoms with E-state index in [2.05, 4.69) is 13.8 Å². The van der Waals surface area contributed by atoms with Crippen LogP contribution in [0, 0.1) is 12.8 Å². The van der Waals surface area contributed by atoms with Gasteiger partial charge >= 0.3 is 0 Å². The molecule has 26 heavy (non-hydrogen) atoms. The zero-order valence-electron chi connectivity index (χ0n) is 15.1. The van der Waals surface area contributed by atoms with Gasteiger partial charge in [-0.05, 0) is 60.5 Å². The van der Waals surface area contributed by atoms with E-state index in [1.165, 1.54) is 17.3 Å². The first-order chi connectivity index (χ1) is 12.4. The molecule has 134 valence electrons. The highest BCUT2D eigenvalue weighted by Gasteiger charge is 2.33. The van der Waals surface area contributed by atoms with Gasteiger partial charge in [0.1, 0.15) is 0 Å². The van der Waals surface area contributed by atoms with E-state index in [9.17, 15) is 4.79 Å². The third-order valence-electron chi connectivity index (χ3n) is 3.86. The average molecular weight is 385 g/mol. The smallest absolute Gasteiger partial charge is 0.266 e. The molecule has 5 heteroatoms. The number of aryl methyl sites for hydroxylation is 1. The van der Waals surface area contributed by atoms with Crippen LogP contribution in [0.3, 0.4) is 0 Å². The summed E-state index contributed by atoms with van der Waals surface area (Å²) in [5, 5.41) is 1.41. The van der Waals surface area contributed by atoms with Crippen molar-refractivity contribution in [3.63, 3.8) is 0 Å². The van der Waals surface area contributed by atoms with Crippen LogP contribution in [-0.4, -0.2) is 22.5 Å². The molecular formula is C21H21ClN2OS. The fourth-order valence-corrected chi connectivity index (χ4v) is 3.69. The molecule has 3 rings (SSSR count). The fourth-order valence-electron chi connectivity index (χ4n) is 2.56. The van der Waals surface area contributed by atoms with Crippen molar-refractivity contribution in [2.24, 2.45) is 10.9 Å². The van der Waals surface area contributed by atoms with E-state index in [0.717, 1.165) is 16.4 Å². The normalized spacial score (nSPS) is 17.7. The number of hydrogen-bond acceptors (Lipinski definition) is 3. The second kappa shape index (κ2) is 8.11. The van der Waals surface area contributed by atoms with E-state index in [4.69, 9.17) is 16.6 Å². The lowest BCUT2D eigenvalue weighted by molar-refractivity contribution is -0.122. The highest BCUT2D eigenvalue weighted by molar-refractivity contribution is 8.18. The van der Waals surface area contributed by atoms with Gasteiger partial charge in [0.2, 0.25) is 0 Å². The van der Waals surface area contributed by atoms with Crippen LogP contribution in [-0.2, 0) is 4.79 Å². The van der Waals surface area contributed by atoms with Crippen molar-refractivity contribution in [2.75, 3.05) is 6.54 Å². The molecule has 0 saturated carbocycles. The second-order valence-corrected chi connectivity index (χ2v) is 8.15. The zero-order valence-corrected chi connectivity index (χ0v) is 16.6. The first-order valence-corrected chi connectivity index (χ1v) is 9.74. The topological polar surface area (TPSA) is 32.7 Å². The summed E-state index contributed by atoms with van der Waals surface area (Å²) in [6.07, 6.45) is 1.90. The highest BCUT2D eigenvalue weighted by atomic mass is 35.5. The Morgan fingerprint density at radius 2 is 1.77 bits per heavy atom. The van der Waals surface area contributed by atoms with Crippen LogP contribution >= 0.6 is 23.4 Å². The molecule has 0 aliphatic carbocycles. The Morgan fingerprint density at radius 1 is 1.12 bits per heavy atom. The average Bonchev–Trinajstić information content (AvgIpc) is 2.87. The largest absolute Gasteiger partial charge is 0.286 e. The Bertz CT molecular complexity index is 855. The maximum atomic E-state index is 12.9. The quantitative estimate of drug-likeness (QED) is 0.614. The molecule has 1 aliphatic rings. The first kappa shape index (κ1) is 18.7. The first-order valence-electron chi connectivity index (χ1n) is 8.55. The summed E-state index contributed by atoms with van der Waals surface area (Å²) in [7, 11) is 0. The lowest BCUT2D eigenvalue weighted by atomic mass is 10.2. The van der Waals surface area contributed by atoms with Gasteiger partial charge in [0.25, 0.3) is 5.91 Å². The summed E-state index contributed by atoms with van der Waals surface area (Å²) in [6, 6.07) is 15.5. The molecule has 0 N–H and O–H groups in total. The van der Waals surface area contributed by atoms with Gasteiger partial charge in [-0.25, -0.2) is 4.99 Å². The number of amides is 1. The maximum Gasteiger partial charge on any atom is 0.266 e. The number of carbonyl (C=O) groups excluding carboxylic acids is 1. The van der Waals surface area contributed by atoms with Crippen molar-refractivity contribution in [2.45, 2.75) is 20.8 Å². The zero-order chi connectivity index (χ0) is 18.7. The van der Waals surface area contributed by atoms with E-state index < -0.39 is 0 Å². The predicted octanol–water partition coefficient (Wildman–Crippen LogP) is 5.91. The second-order valence-electron chi connectivity index (χ2n) is 6.70. The van der Waals surface area contributed by atoms with Crippen LogP contribution in [0.4, 0.5) is 5.69 Å². The number of rotatable bonds is 4. The number of carbonyl (C=O) groups is 1. The Labute approximate surface area is 163 Å². The third-order valence-corrected chi connectivity index (χ3v) is 5.12. The van der Waals surface area contributed by atoms with Crippen molar-refractivity contribution in [1.29, 1.82) is 0 Å². The van der Waals surface area contributed by atoms with Crippen molar-refractivity contribution in [1.82, 2.24) is 4.90 Å². The molecule has 3 nitrogen and oxygen atoms in total. The molecular weight excluding hydrogens is 364 g/mol. The van der Waals surface area contributed by atoms with Crippen molar-refractivity contribution in [3.05, 3.63) is 69.6 Å². The maximum absolute atomic E-state index is 12.9. The summed E-state index contributed by atoms with van der Waals surface area (Å²) in [6.45, 7) is 6.89. The Morgan fingerprint density at radius 3 is 2.38 bits per heavy atom. The minimum atomic E-state index is 0.00418. The summed E-state index contributed by atoms with van der Waals surface area (Å²) < 4.78 is 0. The lowest BCUT2D eigenvalue weighted by Crippen LogP contribution is -2.32. The van der Waals surface area contributed by atoms with Crippen molar-refractivity contribution < 1.29 is 4.79 Å². The number of benzene rings is 2. The molecule has 0 radical (unpaired) electrons. The van der Waals surface area contributed by atoms with Gasteiger partial charge in [-0.1, -0.05) is 55.3 Å². The standard InChI is InChI=1S/C21H21ClN2OS/c1-14(2)13-24-20(25)19(12-16-6-8-17(22)9-7-16)26-21(24)23-18-10-4-15(3)5-11-18/h4-12,14H,13H2,1-3H3/b19-12+,23-21?. The monoisotopic (exact) mass is 384 g/mol. The number of halogens is 1. The van der Waals surface area contributed by atoms with Crippen molar-refractivity contribution in [3.8, 4) is 0 Å². The molecule has 0 unspecified atom stereocenters. The molecule has 0 aromatic heterocycles. The Kier molecular flexibility index (Phi) is 5.84. The van der Waals surface area contributed by atoms with Crippen LogP contribution in [0.5, 0.6) is 0 Å². The lowest BCUT2D eigenvalue weighted by Gasteiger charge is -2.17. The van der Waals surface area contributed by atoms with Crippen molar-refractivity contribution >= 4 is 46.2 Å². The van der Waals surface area contributed by atoms with Crippen LogP contribution in [0.25, 0.3) is 6.08 Å². The van der Waals surface area contributed by atoms with Gasteiger partial charge in [0.05, 0.1) is 10.6 Å². The predicted molar refractivity (Wildman–Crippen MR) is 112 cm³/mol. The van der Waals surface area contributed by atoms with Crippen LogP contribution in [0.15, 0.2) is 58.4 Å². The SMILES string of the molecule is Cc1ccc(N=C2S/C(=C/c3ccc(Cl)cc3)C(=O)N2CC(C)C)cc1. The van der Waals surface area contributed by atoms with Crippen LogP contribution in [0.2, 0.25) is 5.02 Å². The van der Waals surface area contributed by atoms with Crippen LogP contribution < -0.4 is 0 Å². The number of aliphatic imine (C=N–C) groups is 1.